The number of nitrogens with one attached hydrogen (secondary N) is 1. The van der Waals surface area contributed by atoms with E-state index in [9.17, 15) is 41.0 Å². The fourth-order valence-electron chi connectivity index (χ4n) is 5.86. The van der Waals surface area contributed by atoms with Crippen LogP contribution in [-0.4, -0.2) is 46.7 Å². The summed E-state index contributed by atoms with van der Waals surface area (Å²) in [6.07, 6.45) is -2.60. The van der Waals surface area contributed by atoms with E-state index in [1.54, 1.807) is 13.0 Å². The number of rotatable bonds is 9. The predicted molar refractivity (Wildman–Crippen MR) is 159 cm³/mol. The number of pyridine rings is 2. The van der Waals surface area contributed by atoms with Crippen LogP contribution in [-0.2, 0) is 22.0 Å². The molecule has 0 spiro atoms. The summed E-state index contributed by atoms with van der Waals surface area (Å²) >= 11 is 0. The minimum absolute atomic E-state index is 0.0615. The Kier molecular flexibility index (Phi) is 8.01. The maximum absolute atomic E-state index is 14.2. The Morgan fingerprint density at radius 1 is 1.17 bits per heavy atom. The van der Waals surface area contributed by atoms with Crippen LogP contribution < -0.4 is 20.5 Å². The zero-order valence-corrected chi connectivity index (χ0v) is 25.4. The second kappa shape index (κ2) is 11.6. The number of benzene rings is 2. The third-order valence-electron chi connectivity index (χ3n) is 8.74. The Labute approximate surface area is 269 Å². The number of ether oxygens (including phenoxy) is 2. The molecule has 1 aliphatic carbocycles. The van der Waals surface area contributed by atoms with Crippen LogP contribution in [0.5, 0.6) is 11.5 Å². The average molecular weight is 675 g/mol. The molecule has 1 saturated carbocycles. The molecule has 6 rings (SSSR count). The molecular weight excluding hydrogens is 646 g/mol. The van der Waals surface area contributed by atoms with Gasteiger partial charge in [0.05, 0.1) is 17.8 Å². The van der Waals surface area contributed by atoms with Crippen molar-refractivity contribution in [2.75, 3.05) is 13.2 Å². The number of aryl methyl sites for hydroxylation is 1. The molecule has 0 bridgehead atoms. The highest BCUT2D eigenvalue weighted by molar-refractivity contribution is 6.00. The fraction of sp³-hybridized carbons (Fsp3) is 0.333. The zero-order valence-electron chi connectivity index (χ0n) is 25.4. The number of fused-ring (bicyclic) bond motifs is 2. The van der Waals surface area contributed by atoms with Gasteiger partial charge in [0.25, 0.3) is 5.91 Å². The molecule has 3 heterocycles. The highest BCUT2D eigenvalue weighted by Gasteiger charge is 2.50. The lowest BCUT2D eigenvalue weighted by atomic mass is 9.81. The van der Waals surface area contributed by atoms with Crippen LogP contribution in [0.15, 0.2) is 48.7 Å². The van der Waals surface area contributed by atoms with E-state index in [4.69, 9.17) is 10.5 Å². The minimum Gasteiger partial charge on any atom is -0.489 e. The molecule has 0 unspecified atom stereocenters. The van der Waals surface area contributed by atoms with Crippen molar-refractivity contribution in [3.8, 4) is 22.8 Å². The van der Waals surface area contributed by atoms with Crippen molar-refractivity contribution in [1.82, 2.24) is 15.3 Å². The molecule has 0 saturated heterocycles. The van der Waals surface area contributed by atoms with Gasteiger partial charge < -0.3 is 25.6 Å². The second-order valence-electron chi connectivity index (χ2n) is 12.2. The van der Waals surface area contributed by atoms with Crippen LogP contribution in [0.2, 0.25) is 0 Å². The second-order valence-corrected chi connectivity index (χ2v) is 12.2. The summed E-state index contributed by atoms with van der Waals surface area (Å²) in [5.74, 6) is -3.96. The smallest absolute Gasteiger partial charge is 0.419 e. The molecule has 48 heavy (non-hydrogen) atoms. The van der Waals surface area contributed by atoms with Gasteiger partial charge in [0, 0.05) is 28.3 Å². The van der Waals surface area contributed by atoms with E-state index in [2.05, 4.69) is 20.0 Å². The normalized spacial score (nSPS) is 18.7. The van der Waals surface area contributed by atoms with Crippen molar-refractivity contribution in [2.45, 2.75) is 50.5 Å². The van der Waals surface area contributed by atoms with Gasteiger partial charge in [0.15, 0.2) is 5.75 Å². The molecule has 2 atom stereocenters. The molecule has 2 aromatic carbocycles. The van der Waals surface area contributed by atoms with Crippen LogP contribution in [0.1, 0.15) is 52.5 Å². The van der Waals surface area contributed by atoms with E-state index in [1.807, 2.05) is 0 Å². The summed E-state index contributed by atoms with van der Waals surface area (Å²) in [7, 11) is 0. The number of carbonyl (C=O) groups excluding carboxylic acids is 2. The van der Waals surface area contributed by atoms with Crippen molar-refractivity contribution in [3.05, 3.63) is 82.4 Å². The van der Waals surface area contributed by atoms with Crippen LogP contribution in [0.25, 0.3) is 22.2 Å². The number of primary amides is 1. The number of halogens is 6. The lowest BCUT2D eigenvalue weighted by Gasteiger charge is -2.30. The summed E-state index contributed by atoms with van der Waals surface area (Å²) in [6, 6.07) is 7.76. The Hall–Kier alpha value is -4.92. The Morgan fingerprint density at radius 3 is 2.54 bits per heavy atom. The molecule has 2 aliphatic rings. The van der Waals surface area contributed by atoms with Gasteiger partial charge in [0.1, 0.15) is 40.4 Å². The summed E-state index contributed by atoms with van der Waals surface area (Å²) in [6.45, 7) is -0.750. The van der Waals surface area contributed by atoms with Gasteiger partial charge in [-0.15, -0.1) is 0 Å². The van der Waals surface area contributed by atoms with Crippen LogP contribution in [0, 0.1) is 18.7 Å². The van der Waals surface area contributed by atoms with Crippen molar-refractivity contribution in [3.63, 3.8) is 0 Å². The van der Waals surface area contributed by atoms with Crippen molar-refractivity contribution >= 4 is 22.7 Å². The maximum atomic E-state index is 14.2. The van der Waals surface area contributed by atoms with E-state index in [0.717, 1.165) is 12.1 Å². The molecule has 2 amide bonds. The number of amides is 2. The van der Waals surface area contributed by atoms with Gasteiger partial charge in [-0.25, -0.2) is 9.37 Å². The quantitative estimate of drug-likeness (QED) is 0.199. The van der Waals surface area contributed by atoms with Gasteiger partial charge in [-0.2, -0.15) is 22.0 Å². The van der Waals surface area contributed by atoms with Gasteiger partial charge in [0.2, 0.25) is 5.91 Å². The van der Waals surface area contributed by atoms with Crippen LogP contribution >= 0.6 is 0 Å². The Balaban J connectivity index is 1.42. The number of hydrogen-bond acceptors (Lipinski definition) is 7. The van der Waals surface area contributed by atoms with E-state index in [1.165, 1.54) is 25.3 Å². The van der Waals surface area contributed by atoms with E-state index >= 15 is 0 Å². The maximum Gasteiger partial charge on any atom is 0.419 e. The number of aromatic nitrogens is 2. The first-order valence-corrected chi connectivity index (χ1v) is 14.7. The number of carbonyl (C=O) groups is 2. The van der Waals surface area contributed by atoms with Gasteiger partial charge in [-0.1, -0.05) is 0 Å². The molecule has 252 valence electrons. The molecule has 2 aromatic heterocycles. The standard InChI is InChI=1S/C33H28F6N4O5/c1-15-7-17-8-18(10-23(48-30(35)36)25(17)41-12-15)28(44)42-13-32(46,19-4-5-19)24-11-21-27(47-14-31(21,2)29(40)45)26(43-24)16-3-6-22(34)20(9-16)33(37,38)39/h3,6-12,19,30,46H,4-5,13-14H2,1-2H3,(H2,40,45)(H,42,44)/t31-,32+/m0/s1. The zero-order chi connectivity index (χ0) is 34.8. The minimum atomic E-state index is -5.04. The van der Waals surface area contributed by atoms with Crippen molar-refractivity contribution < 1.29 is 50.5 Å². The number of aliphatic hydroxyl groups is 1. The van der Waals surface area contributed by atoms with Gasteiger partial charge in [-0.05, 0) is 80.6 Å². The molecule has 4 N–H and O–H groups in total. The summed E-state index contributed by atoms with van der Waals surface area (Å²) in [4.78, 5) is 34.7. The highest BCUT2D eigenvalue weighted by Crippen LogP contribution is 2.50. The summed E-state index contributed by atoms with van der Waals surface area (Å²) in [5, 5.41) is 15.1. The van der Waals surface area contributed by atoms with Crippen molar-refractivity contribution in [2.24, 2.45) is 11.7 Å². The Morgan fingerprint density at radius 2 is 1.90 bits per heavy atom. The first-order chi connectivity index (χ1) is 22.5. The fourth-order valence-corrected chi connectivity index (χ4v) is 5.86. The SMILES string of the molecule is Cc1cnc2c(OC(F)F)cc(C(=O)NC[C@](O)(c3cc4c(c(-c5ccc(F)c(C(F)(F)F)c5)n3)OC[C@]4(C)C(N)=O)C3CC3)cc2c1. The predicted octanol–water partition coefficient (Wildman–Crippen LogP) is 5.53. The third kappa shape index (κ3) is 5.86. The number of nitrogens with zero attached hydrogens (tertiary/aromatic N) is 2. The number of nitrogens with two attached hydrogens (primary N) is 1. The lowest BCUT2D eigenvalue weighted by molar-refractivity contribution is -0.140. The van der Waals surface area contributed by atoms with Gasteiger partial charge in [-0.3, -0.25) is 14.6 Å². The first kappa shape index (κ1) is 33.0. The van der Waals surface area contributed by atoms with Crippen LogP contribution in [0.4, 0.5) is 26.3 Å². The lowest BCUT2D eigenvalue weighted by Crippen LogP contribution is -2.44. The van der Waals surface area contributed by atoms with Gasteiger partial charge >= 0.3 is 12.8 Å². The molecule has 15 heteroatoms. The van der Waals surface area contributed by atoms with Crippen molar-refractivity contribution in [1.29, 1.82) is 0 Å². The molecule has 1 aliphatic heterocycles. The number of hydrogen-bond donors (Lipinski definition) is 3. The largest absolute Gasteiger partial charge is 0.489 e. The average Bonchev–Trinajstić information content (AvgIpc) is 3.82. The highest BCUT2D eigenvalue weighted by atomic mass is 19.4. The van der Waals surface area contributed by atoms with Crippen LogP contribution in [0.3, 0.4) is 0 Å². The summed E-state index contributed by atoms with van der Waals surface area (Å²) in [5.41, 5.74) is 1.11. The molecule has 0 radical (unpaired) electrons. The first-order valence-electron chi connectivity index (χ1n) is 14.7. The molecule has 4 aromatic rings. The van der Waals surface area contributed by atoms with E-state index in [0.29, 0.717) is 35.9 Å². The number of alkyl halides is 5. The molecule has 1 fully saturated rings. The summed E-state index contributed by atoms with van der Waals surface area (Å²) < 4.78 is 91.9. The molecular formula is C33H28F6N4O5. The third-order valence-corrected chi connectivity index (χ3v) is 8.74. The Bertz CT molecular complexity index is 1970. The topological polar surface area (TPSA) is 137 Å². The monoisotopic (exact) mass is 674 g/mol. The van der Waals surface area contributed by atoms with E-state index in [-0.39, 0.29) is 51.7 Å². The van der Waals surface area contributed by atoms with E-state index < -0.39 is 59.5 Å². The molecule has 9 nitrogen and oxygen atoms in total.